The number of benzene rings is 1. The van der Waals surface area contributed by atoms with E-state index in [1.807, 2.05) is 12.4 Å². The van der Waals surface area contributed by atoms with Crippen LogP contribution in [0.4, 0.5) is 11.4 Å². The molecule has 0 bridgehead atoms. The summed E-state index contributed by atoms with van der Waals surface area (Å²) in [5.74, 6) is 0.662. The Hall–Kier alpha value is -2.56. The molecule has 2 aromatic rings. The Labute approximate surface area is 186 Å². The van der Waals surface area contributed by atoms with Crippen molar-refractivity contribution in [1.82, 2.24) is 10.3 Å². The first-order valence-electron chi connectivity index (χ1n) is 11.9. The van der Waals surface area contributed by atoms with E-state index in [2.05, 4.69) is 72.1 Å². The number of carbonyl (C=O) groups is 1. The van der Waals surface area contributed by atoms with Gasteiger partial charge in [0.15, 0.2) is 0 Å². The normalized spacial score (nSPS) is 19.0. The first kappa shape index (κ1) is 21.7. The molecule has 2 aliphatic rings. The van der Waals surface area contributed by atoms with Crippen LogP contribution < -0.4 is 15.1 Å². The summed E-state index contributed by atoms with van der Waals surface area (Å²) in [6.45, 7) is 11.8. The predicted molar refractivity (Wildman–Crippen MR) is 128 cm³/mol. The van der Waals surface area contributed by atoms with Crippen LogP contribution in [0.5, 0.6) is 0 Å². The van der Waals surface area contributed by atoms with E-state index in [0.29, 0.717) is 11.8 Å². The highest BCUT2D eigenvalue weighted by atomic mass is 16.1. The number of carbonyl (C=O) groups excluding carboxylic acids is 1. The predicted octanol–water partition coefficient (Wildman–Crippen LogP) is 5.28. The molecule has 1 amide bonds. The Bertz CT molecular complexity index is 891. The number of nitrogens with zero attached hydrogens (tertiary/aromatic N) is 3. The molecule has 2 fully saturated rings. The molecule has 3 heterocycles. The zero-order chi connectivity index (χ0) is 22.0. The van der Waals surface area contributed by atoms with E-state index in [9.17, 15) is 4.79 Å². The number of hydrogen-bond donors (Lipinski definition) is 1. The third-order valence-corrected chi connectivity index (χ3v) is 6.68. The van der Waals surface area contributed by atoms with Crippen molar-refractivity contribution < 1.29 is 4.79 Å². The molecule has 1 atom stereocenters. The summed E-state index contributed by atoms with van der Waals surface area (Å²) in [6.07, 6.45) is 8.37. The van der Waals surface area contributed by atoms with Gasteiger partial charge in [-0.2, -0.15) is 0 Å². The van der Waals surface area contributed by atoms with Gasteiger partial charge < -0.3 is 15.1 Å². The maximum Gasteiger partial charge on any atom is 0.253 e. The number of amides is 1. The number of rotatable bonds is 6. The largest absolute Gasteiger partial charge is 0.370 e. The lowest BCUT2D eigenvalue weighted by molar-refractivity contribution is 0.0935. The lowest BCUT2D eigenvalue weighted by Gasteiger charge is -2.32. The Kier molecular flexibility index (Phi) is 6.49. The summed E-state index contributed by atoms with van der Waals surface area (Å²) in [5, 5.41) is 3.39. The second kappa shape index (κ2) is 9.29. The van der Waals surface area contributed by atoms with Crippen LogP contribution in [0.15, 0.2) is 36.7 Å². The molecule has 5 nitrogen and oxygen atoms in total. The Morgan fingerprint density at radius 1 is 0.968 bits per heavy atom. The summed E-state index contributed by atoms with van der Waals surface area (Å²) in [5.41, 5.74) is 5.53. The van der Waals surface area contributed by atoms with Gasteiger partial charge in [0.1, 0.15) is 6.17 Å². The number of nitrogens with one attached hydrogen (secondary N) is 1. The molecule has 0 aliphatic carbocycles. The van der Waals surface area contributed by atoms with Gasteiger partial charge >= 0.3 is 0 Å². The fourth-order valence-corrected chi connectivity index (χ4v) is 5.07. The van der Waals surface area contributed by atoms with E-state index >= 15 is 0 Å². The van der Waals surface area contributed by atoms with Crippen molar-refractivity contribution in [3.8, 4) is 0 Å². The molecule has 5 heteroatoms. The number of pyridine rings is 1. The van der Waals surface area contributed by atoms with Crippen molar-refractivity contribution in [3.63, 3.8) is 0 Å². The molecule has 166 valence electrons. The molecular formula is C26H36N4O. The second-order valence-corrected chi connectivity index (χ2v) is 9.50. The quantitative estimate of drug-likeness (QED) is 0.690. The molecule has 0 radical (unpaired) electrons. The average Bonchev–Trinajstić information content (AvgIpc) is 3.45. The molecule has 31 heavy (non-hydrogen) atoms. The maximum atomic E-state index is 13.6. The van der Waals surface area contributed by atoms with Crippen LogP contribution in [-0.4, -0.2) is 36.7 Å². The van der Waals surface area contributed by atoms with Gasteiger partial charge in [0, 0.05) is 31.4 Å². The van der Waals surface area contributed by atoms with E-state index in [4.69, 9.17) is 0 Å². The van der Waals surface area contributed by atoms with Crippen molar-refractivity contribution in [2.75, 3.05) is 29.4 Å². The van der Waals surface area contributed by atoms with Crippen LogP contribution in [0.1, 0.15) is 86.7 Å². The molecule has 1 aromatic heterocycles. The van der Waals surface area contributed by atoms with Gasteiger partial charge in [-0.25, -0.2) is 0 Å². The van der Waals surface area contributed by atoms with Gasteiger partial charge in [-0.1, -0.05) is 45.9 Å². The zero-order valence-corrected chi connectivity index (χ0v) is 19.4. The maximum absolute atomic E-state index is 13.6. The lowest BCUT2D eigenvalue weighted by atomic mass is 9.88. The van der Waals surface area contributed by atoms with Crippen LogP contribution in [0, 0.1) is 0 Å². The summed E-state index contributed by atoms with van der Waals surface area (Å²) < 4.78 is 0. The minimum atomic E-state index is -0.00159. The SMILES string of the molecule is CC(C)c1cccc(C(C)C)c1C(=O)NC1CCCN1c1cnccc1N1CCCC1. The van der Waals surface area contributed by atoms with Gasteiger partial charge in [0.05, 0.1) is 17.6 Å². The fourth-order valence-electron chi connectivity index (χ4n) is 5.07. The molecule has 1 unspecified atom stereocenters. The molecule has 0 saturated carbocycles. The first-order chi connectivity index (χ1) is 15.0. The zero-order valence-electron chi connectivity index (χ0n) is 19.4. The monoisotopic (exact) mass is 420 g/mol. The van der Waals surface area contributed by atoms with Gasteiger partial charge in [-0.05, 0) is 54.7 Å². The van der Waals surface area contributed by atoms with Crippen molar-refractivity contribution in [2.24, 2.45) is 0 Å². The molecule has 1 N–H and O–H groups in total. The summed E-state index contributed by atoms with van der Waals surface area (Å²) >= 11 is 0. The van der Waals surface area contributed by atoms with Crippen LogP contribution in [0.25, 0.3) is 0 Å². The highest BCUT2D eigenvalue weighted by Crippen LogP contribution is 2.35. The topological polar surface area (TPSA) is 48.5 Å². The second-order valence-electron chi connectivity index (χ2n) is 9.50. The van der Waals surface area contributed by atoms with Crippen LogP contribution in [-0.2, 0) is 0 Å². The standard InChI is InChI=1S/C26H36N4O/c1-18(2)20-9-7-10-21(19(3)4)25(20)26(31)28-24-11-8-16-30(24)23-17-27-13-12-22(23)29-14-5-6-15-29/h7,9-10,12-13,17-19,24H,5-6,8,11,14-16H2,1-4H3,(H,28,31). The molecular weight excluding hydrogens is 384 g/mol. The summed E-state index contributed by atoms with van der Waals surface area (Å²) in [6, 6.07) is 8.42. The van der Waals surface area contributed by atoms with Crippen LogP contribution in [0.2, 0.25) is 0 Å². The minimum absolute atomic E-state index is 0.00159. The molecule has 2 saturated heterocycles. The minimum Gasteiger partial charge on any atom is -0.370 e. The van der Waals surface area contributed by atoms with Crippen LogP contribution in [0.3, 0.4) is 0 Å². The summed E-state index contributed by atoms with van der Waals surface area (Å²) in [7, 11) is 0. The van der Waals surface area contributed by atoms with Gasteiger partial charge in [0.25, 0.3) is 5.91 Å². The van der Waals surface area contributed by atoms with Gasteiger partial charge in [-0.3, -0.25) is 9.78 Å². The third kappa shape index (κ3) is 4.41. The Morgan fingerprint density at radius 3 is 2.29 bits per heavy atom. The third-order valence-electron chi connectivity index (χ3n) is 6.68. The number of anilines is 2. The number of aromatic nitrogens is 1. The molecule has 0 spiro atoms. The summed E-state index contributed by atoms with van der Waals surface area (Å²) in [4.78, 5) is 22.8. The molecule has 1 aromatic carbocycles. The average molecular weight is 421 g/mol. The fraction of sp³-hybridized carbons (Fsp3) is 0.538. The van der Waals surface area contributed by atoms with Crippen molar-refractivity contribution in [3.05, 3.63) is 53.3 Å². The van der Waals surface area contributed by atoms with E-state index in [0.717, 1.165) is 54.9 Å². The van der Waals surface area contributed by atoms with Crippen molar-refractivity contribution in [2.45, 2.75) is 71.4 Å². The lowest BCUT2D eigenvalue weighted by Crippen LogP contribution is -2.45. The van der Waals surface area contributed by atoms with Gasteiger partial charge in [-0.15, -0.1) is 0 Å². The van der Waals surface area contributed by atoms with E-state index in [1.54, 1.807) is 0 Å². The van der Waals surface area contributed by atoms with Crippen molar-refractivity contribution >= 4 is 17.3 Å². The van der Waals surface area contributed by atoms with E-state index in [1.165, 1.54) is 18.5 Å². The Morgan fingerprint density at radius 2 is 1.65 bits per heavy atom. The molecule has 4 rings (SSSR count). The molecule has 2 aliphatic heterocycles. The first-order valence-corrected chi connectivity index (χ1v) is 11.9. The Balaban J connectivity index is 1.62. The van der Waals surface area contributed by atoms with Crippen LogP contribution >= 0.6 is 0 Å². The van der Waals surface area contributed by atoms with E-state index in [-0.39, 0.29) is 12.1 Å². The van der Waals surface area contributed by atoms with Crippen molar-refractivity contribution in [1.29, 1.82) is 0 Å². The number of hydrogen-bond acceptors (Lipinski definition) is 4. The smallest absolute Gasteiger partial charge is 0.253 e. The van der Waals surface area contributed by atoms with E-state index < -0.39 is 0 Å². The van der Waals surface area contributed by atoms with Gasteiger partial charge in [0.2, 0.25) is 0 Å². The highest BCUT2D eigenvalue weighted by Gasteiger charge is 2.31. The highest BCUT2D eigenvalue weighted by molar-refractivity contribution is 5.98.